The molecule has 0 aliphatic carbocycles. The van der Waals surface area contributed by atoms with Crippen LogP contribution < -0.4 is 20.5 Å². The van der Waals surface area contributed by atoms with Gasteiger partial charge in [-0.25, -0.2) is 0 Å². The van der Waals surface area contributed by atoms with E-state index in [0.29, 0.717) is 17.2 Å². The average molecular weight is 238 g/mol. The first kappa shape index (κ1) is 13.3. The second-order valence-corrected chi connectivity index (χ2v) is 4.28. The third kappa shape index (κ3) is 3.64. The van der Waals surface area contributed by atoms with Gasteiger partial charge in [0.2, 0.25) is 5.91 Å². The molecule has 0 fully saturated rings. The molecular weight excluding hydrogens is 220 g/mol. The summed E-state index contributed by atoms with van der Waals surface area (Å²) in [5.74, 6) is 0.941. The predicted molar refractivity (Wildman–Crippen MR) is 66.4 cm³/mol. The zero-order valence-electron chi connectivity index (χ0n) is 10.5. The van der Waals surface area contributed by atoms with Crippen molar-refractivity contribution < 1.29 is 14.3 Å². The van der Waals surface area contributed by atoms with Crippen molar-refractivity contribution in [2.75, 3.05) is 19.5 Å². The third-order valence-corrected chi connectivity index (χ3v) is 2.19. The van der Waals surface area contributed by atoms with Gasteiger partial charge in [0.15, 0.2) is 0 Å². The van der Waals surface area contributed by atoms with Crippen LogP contribution in [0.25, 0.3) is 0 Å². The number of methoxy groups -OCH3 is 2. The SMILES string of the molecule is COc1cc(NC(=O)C(C)(C)N)cc(OC)c1. The summed E-state index contributed by atoms with van der Waals surface area (Å²) in [6.45, 7) is 3.28. The summed E-state index contributed by atoms with van der Waals surface area (Å²) in [6.07, 6.45) is 0. The van der Waals surface area contributed by atoms with E-state index in [2.05, 4.69) is 5.32 Å². The Labute approximate surface area is 101 Å². The highest BCUT2D eigenvalue weighted by atomic mass is 16.5. The quantitative estimate of drug-likeness (QED) is 0.831. The first-order valence-electron chi connectivity index (χ1n) is 5.20. The van der Waals surface area contributed by atoms with Gasteiger partial charge in [0.25, 0.3) is 0 Å². The number of carbonyl (C=O) groups is 1. The summed E-state index contributed by atoms with van der Waals surface area (Å²) in [5, 5.41) is 2.71. The van der Waals surface area contributed by atoms with E-state index in [9.17, 15) is 4.79 Å². The van der Waals surface area contributed by atoms with E-state index in [0.717, 1.165) is 0 Å². The molecule has 0 atom stereocenters. The smallest absolute Gasteiger partial charge is 0.243 e. The predicted octanol–water partition coefficient (Wildman–Crippen LogP) is 1.38. The molecule has 3 N–H and O–H groups in total. The number of hydrogen-bond acceptors (Lipinski definition) is 4. The van der Waals surface area contributed by atoms with Gasteiger partial charge in [-0.1, -0.05) is 0 Å². The van der Waals surface area contributed by atoms with Gasteiger partial charge in [0.05, 0.1) is 19.8 Å². The highest BCUT2D eigenvalue weighted by molar-refractivity contribution is 5.97. The van der Waals surface area contributed by atoms with E-state index in [1.54, 1.807) is 46.3 Å². The van der Waals surface area contributed by atoms with Crippen molar-refractivity contribution in [1.29, 1.82) is 0 Å². The maximum atomic E-state index is 11.7. The minimum Gasteiger partial charge on any atom is -0.497 e. The normalized spacial score (nSPS) is 10.9. The molecule has 1 rings (SSSR count). The van der Waals surface area contributed by atoms with Crippen LogP contribution in [-0.2, 0) is 4.79 Å². The molecule has 0 unspecified atom stereocenters. The molecule has 0 aliphatic heterocycles. The summed E-state index contributed by atoms with van der Waals surface area (Å²) in [4.78, 5) is 11.7. The molecule has 0 radical (unpaired) electrons. The van der Waals surface area contributed by atoms with Crippen LogP contribution in [0.4, 0.5) is 5.69 Å². The van der Waals surface area contributed by atoms with Crippen LogP contribution >= 0.6 is 0 Å². The van der Waals surface area contributed by atoms with Gasteiger partial charge in [-0.05, 0) is 13.8 Å². The standard InChI is InChI=1S/C12H18N2O3/c1-12(2,13)11(15)14-8-5-9(16-3)7-10(6-8)17-4/h5-7H,13H2,1-4H3,(H,14,15). The molecule has 1 aromatic rings. The molecule has 0 bridgehead atoms. The van der Waals surface area contributed by atoms with Crippen LogP contribution in [0.2, 0.25) is 0 Å². The number of rotatable bonds is 4. The lowest BCUT2D eigenvalue weighted by atomic mass is 10.1. The van der Waals surface area contributed by atoms with Gasteiger partial charge >= 0.3 is 0 Å². The van der Waals surface area contributed by atoms with Crippen molar-refractivity contribution in [1.82, 2.24) is 0 Å². The topological polar surface area (TPSA) is 73.6 Å². The summed E-state index contributed by atoms with van der Waals surface area (Å²) < 4.78 is 10.2. The zero-order chi connectivity index (χ0) is 13.1. The maximum Gasteiger partial charge on any atom is 0.243 e. The second-order valence-electron chi connectivity index (χ2n) is 4.28. The van der Waals surface area contributed by atoms with Gasteiger partial charge in [-0.3, -0.25) is 4.79 Å². The van der Waals surface area contributed by atoms with Crippen molar-refractivity contribution in [3.63, 3.8) is 0 Å². The van der Waals surface area contributed by atoms with Crippen LogP contribution in [0, 0.1) is 0 Å². The number of anilines is 1. The molecule has 1 amide bonds. The van der Waals surface area contributed by atoms with Crippen molar-refractivity contribution >= 4 is 11.6 Å². The van der Waals surface area contributed by atoms with Crippen molar-refractivity contribution in [3.05, 3.63) is 18.2 Å². The number of amides is 1. The fourth-order valence-electron chi connectivity index (χ4n) is 1.17. The summed E-state index contributed by atoms with van der Waals surface area (Å²) in [7, 11) is 3.10. The third-order valence-electron chi connectivity index (χ3n) is 2.19. The Bertz CT molecular complexity index is 388. The zero-order valence-corrected chi connectivity index (χ0v) is 10.5. The largest absolute Gasteiger partial charge is 0.497 e. The number of benzene rings is 1. The van der Waals surface area contributed by atoms with Gasteiger partial charge < -0.3 is 20.5 Å². The average Bonchev–Trinajstić information content (AvgIpc) is 2.27. The molecule has 0 spiro atoms. The minimum atomic E-state index is -0.934. The van der Waals surface area contributed by atoms with Crippen LogP contribution in [-0.4, -0.2) is 25.7 Å². The maximum absolute atomic E-state index is 11.7. The van der Waals surface area contributed by atoms with Crippen molar-refractivity contribution in [2.24, 2.45) is 5.73 Å². The highest BCUT2D eigenvalue weighted by Gasteiger charge is 2.22. The second kappa shape index (κ2) is 5.05. The van der Waals surface area contributed by atoms with Crippen molar-refractivity contribution in [3.8, 4) is 11.5 Å². The Kier molecular flexibility index (Phi) is 3.96. The molecule has 5 nitrogen and oxygen atoms in total. The number of carbonyl (C=O) groups excluding carboxylic acids is 1. The van der Waals surface area contributed by atoms with E-state index in [4.69, 9.17) is 15.2 Å². The first-order chi connectivity index (χ1) is 7.86. The summed E-state index contributed by atoms with van der Waals surface area (Å²) in [6, 6.07) is 5.13. The molecule has 0 saturated heterocycles. The highest BCUT2D eigenvalue weighted by Crippen LogP contribution is 2.26. The van der Waals surface area contributed by atoms with Crippen LogP contribution in [0.1, 0.15) is 13.8 Å². The molecule has 0 heterocycles. The van der Waals surface area contributed by atoms with Gasteiger partial charge in [-0.2, -0.15) is 0 Å². The fraction of sp³-hybridized carbons (Fsp3) is 0.417. The van der Waals surface area contributed by atoms with Crippen LogP contribution in [0.5, 0.6) is 11.5 Å². The lowest BCUT2D eigenvalue weighted by Crippen LogP contribution is -2.45. The number of ether oxygens (including phenoxy) is 2. The molecule has 5 heteroatoms. The van der Waals surface area contributed by atoms with Gasteiger partial charge in [-0.15, -0.1) is 0 Å². The number of nitrogens with one attached hydrogen (secondary N) is 1. The van der Waals surface area contributed by atoms with E-state index in [1.165, 1.54) is 0 Å². The van der Waals surface area contributed by atoms with E-state index < -0.39 is 5.54 Å². The fourth-order valence-corrected chi connectivity index (χ4v) is 1.17. The molecule has 1 aromatic carbocycles. The Morgan fingerprint density at radius 1 is 1.18 bits per heavy atom. The van der Waals surface area contributed by atoms with Gasteiger partial charge in [0, 0.05) is 23.9 Å². The van der Waals surface area contributed by atoms with E-state index >= 15 is 0 Å². The molecule has 0 aliphatic rings. The minimum absolute atomic E-state index is 0.271. The first-order valence-corrected chi connectivity index (χ1v) is 5.20. The Hall–Kier alpha value is -1.75. The van der Waals surface area contributed by atoms with E-state index in [-0.39, 0.29) is 5.91 Å². The van der Waals surface area contributed by atoms with Crippen LogP contribution in [0.15, 0.2) is 18.2 Å². The Morgan fingerprint density at radius 3 is 2.00 bits per heavy atom. The molecular formula is C12H18N2O3. The van der Waals surface area contributed by atoms with E-state index in [1.807, 2.05) is 0 Å². The van der Waals surface area contributed by atoms with Gasteiger partial charge in [0.1, 0.15) is 11.5 Å². The van der Waals surface area contributed by atoms with Crippen molar-refractivity contribution in [2.45, 2.75) is 19.4 Å². The monoisotopic (exact) mass is 238 g/mol. The number of hydrogen-bond donors (Lipinski definition) is 2. The Morgan fingerprint density at radius 2 is 1.65 bits per heavy atom. The molecule has 0 aromatic heterocycles. The molecule has 0 saturated carbocycles. The van der Waals surface area contributed by atoms with Crippen LogP contribution in [0.3, 0.4) is 0 Å². The Balaban J connectivity index is 2.94. The molecule has 94 valence electrons. The lowest BCUT2D eigenvalue weighted by Gasteiger charge is -2.18. The summed E-state index contributed by atoms with van der Waals surface area (Å²) >= 11 is 0. The summed E-state index contributed by atoms with van der Waals surface area (Å²) in [5.41, 5.74) is 5.35. The number of nitrogens with two attached hydrogens (primary N) is 1. The molecule has 17 heavy (non-hydrogen) atoms. The lowest BCUT2D eigenvalue weighted by molar-refractivity contribution is -0.120.